The molecule has 150 valence electrons. The second-order valence-electron chi connectivity index (χ2n) is 6.87. The normalized spacial score (nSPS) is 10.5. The first-order valence-corrected chi connectivity index (χ1v) is 9.73. The Balaban J connectivity index is 1.56. The maximum absolute atomic E-state index is 6.08. The molecule has 4 aromatic rings. The van der Waals surface area contributed by atoms with Gasteiger partial charge in [-0.3, -0.25) is 0 Å². The molecule has 5 heteroatoms. The van der Waals surface area contributed by atoms with Crippen LogP contribution in [0.4, 0.5) is 11.5 Å². The molecule has 0 fully saturated rings. The van der Waals surface area contributed by atoms with Crippen LogP contribution in [0.5, 0.6) is 11.5 Å². The number of nitrogens with one attached hydrogen (secondary N) is 1. The van der Waals surface area contributed by atoms with Crippen LogP contribution in [-0.4, -0.2) is 17.1 Å². The van der Waals surface area contributed by atoms with Crippen LogP contribution in [-0.2, 0) is 6.61 Å². The number of methoxy groups -OCH3 is 1. The highest BCUT2D eigenvalue weighted by Gasteiger charge is 2.09. The van der Waals surface area contributed by atoms with Crippen LogP contribution in [0.1, 0.15) is 11.1 Å². The fraction of sp³-hybridized carbons (Fsp3) is 0.120. The molecule has 0 saturated carbocycles. The number of aromatic nitrogens is 2. The molecule has 0 radical (unpaired) electrons. The molecule has 1 aromatic heterocycles. The van der Waals surface area contributed by atoms with Gasteiger partial charge in [-0.15, -0.1) is 0 Å². The average Bonchev–Trinajstić information content (AvgIpc) is 2.79. The number of hydrogen-bond donors (Lipinski definition) is 1. The van der Waals surface area contributed by atoms with Gasteiger partial charge in [-0.05, 0) is 48.4 Å². The van der Waals surface area contributed by atoms with Crippen LogP contribution in [0.2, 0.25) is 0 Å². The van der Waals surface area contributed by atoms with E-state index in [-0.39, 0.29) is 0 Å². The molecule has 0 aliphatic heterocycles. The number of para-hydroxylation sites is 1. The molecule has 0 atom stereocenters. The minimum Gasteiger partial charge on any atom is -0.496 e. The number of benzene rings is 3. The van der Waals surface area contributed by atoms with E-state index in [0.717, 1.165) is 39.6 Å². The second-order valence-corrected chi connectivity index (χ2v) is 6.87. The molecule has 0 aliphatic carbocycles. The van der Waals surface area contributed by atoms with E-state index in [9.17, 15) is 0 Å². The molecule has 4 rings (SSSR count). The topological polar surface area (TPSA) is 56.3 Å². The quantitative estimate of drug-likeness (QED) is 0.428. The van der Waals surface area contributed by atoms with Crippen molar-refractivity contribution < 1.29 is 9.47 Å². The monoisotopic (exact) mass is 397 g/mol. The van der Waals surface area contributed by atoms with E-state index in [4.69, 9.17) is 9.47 Å². The molecule has 5 nitrogen and oxygen atoms in total. The Morgan fingerprint density at radius 2 is 1.63 bits per heavy atom. The van der Waals surface area contributed by atoms with Crippen LogP contribution in [0.3, 0.4) is 0 Å². The van der Waals surface area contributed by atoms with Crippen molar-refractivity contribution >= 4 is 11.5 Å². The third-order valence-electron chi connectivity index (χ3n) is 4.73. The Labute approximate surface area is 176 Å². The van der Waals surface area contributed by atoms with E-state index >= 15 is 0 Å². The third-order valence-corrected chi connectivity index (χ3v) is 4.73. The lowest BCUT2D eigenvalue weighted by atomic mass is 10.1. The largest absolute Gasteiger partial charge is 0.496 e. The minimum absolute atomic E-state index is 0.499. The number of rotatable bonds is 7. The SMILES string of the molecule is COc1ccc(Nc2cc(-c3ccccc3OCc3ccccc3)ncn2)cc1C. The Morgan fingerprint density at radius 3 is 2.43 bits per heavy atom. The Hall–Kier alpha value is -3.86. The summed E-state index contributed by atoms with van der Waals surface area (Å²) in [7, 11) is 1.67. The van der Waals surface area contributed by atoms with Crippen LogP contribution < -0.4 is 14.8 Å². The Morgan fingerprint density at radius 1 is 0.833 bits per heavy atom. The van der Waals surface area contributed by atoms with E-state index in [2.05, 4.69) is 15.3 Å². The lowest BCUT2D eigenvalue weighted by Crippen LogP contribution is -1.99. The molecule has 30 heavy (non-hydrogen) atoms. The predicted molar refractivity (Wildman–Crippen MR) is 119 cm³/mol. The van der Waals surface area contributed by atoms with Crippen molar-refractivity contribution in [2.24, 2.45) is 0 Å². The summed E-state index contributed by atoms with van der Waals surface area (Å²) in [6.45, 7) is 2.51. The van der Waals surface area contributed by atoms with Gasteiger partial charge in [-0.1, -0.05) is 42.5 Å². The lowest BCUT2D eigenvalue weighted by Gasteiger charge is -2.13. The van der Waals surface area contributed by atoms with Gasteiger partial charge < -0.3 is 14.8 Å². The van der Waals surface area contributed by atoms with Crippen LogP contribution >= 0.6 is 0 Å². The van der Waals surface area contributed by atoms with Crippen molar-refractivity contribution in [3.05, 3.63) is 96.3 Å². The van der Waals surface area contributed by atoms with Crippen molar-refractivity contribution in [2.75, 3.05) is 12.4 Å². The van der Waals surface area contributed by atoms with Crippen molar-refractivity contribution in [1.82, 2.24) is 9.97 Å². The predicted octanol–water partition coefficient (Wildman–Crippen LogP) is 5.78. The highest BCUT2D eigenvalue weighted by Crippen LogP contribution is 2.31. The van der Waals surface area contributed by atoms with Gasteiger partial charge in [0.25, 0.3) is 0 Å². The number of hydrogen-bond acceptors (Lipinski definition) is 5. The molecule has 0 aliphatic rings. The Bertz CT molecular complexity index is 1130. The summed E-state index contributed by atoms with van der Waals surface area (Å²) in [5, 5.41) is 3.34. The summed E-state index contributed by atoms with van der Waals surface area (Å²) in [4.78, 5) is 8.82. The first kappa shape index (κ1) is 19.5. The van der Waals surface area contributed by atoms with Crippen LogP contribution in [0.25, 0.3) is 11.3 Å². The third kappa shape index (κ3) is 4.58. The smallest absolute Gasteiger partial charge is 0.134 e. The van der Waals surface area contributed by atoms with E-state index in [1.807, 2.05) is 85.8 Å². The van der Waals surface area contributed by atoms with Crippen LogP contribution in [0.15, 0.2) is 85.2 Å². The van der Waals surface area contributed by atoms with Gasteiger partial charge in [0.05, 0.1) is 12.8 Å². The fourth-order valence-electron chi connectivity index (χ4n) is 3.22. The fourth-order valence-corrected chi connectivity index (χ4v) is 3.22. The molecule has 0 amide bonds. The van der Waals surface area contributed by atoms with Gasteiger partial charge in [0.1, 0.15) is 30.3 Å². The van der Waals surface area contributed by atoms with Gasteiger partial charge >= 0.3 is 0 Å². The van der Waals surface area contributed by atoms with Crippen molar-refractivity contribution in [2.45, 2.75) is 13.5 Å². The second kappa shape index (κ2) is 9.09. The van der Waals surface area contributed by atoms with Gasteiger partial charge in [-0.25, -0.2) is 9.97 Å². The molecule has 1 heterocycles. The summed E-state index contributed by atoms with van der Waals surface area (Å²) in [6, 6.07) is 25.9. The molecule has 3 aromatic carbocycles. The van der Waals surface area contributed by atoms with Gasteiger partial charge in [0, 0.05) is 17.3 Å². The maximum atomic E-state index is 6.08. The van der Waals surface area contributed by atoms with Crippen molar-refractivity contribution in [3.8, 4) is 22.8 Å². The number of ether oxygens (including phenoxy) is 2. The van der Waals surface area contributed by atoms with Gasteiger partial charge in [0.15, 0.2) is 0 Å². The molecular formula is C25H23N3O2. The highest BCUT2D eigenvalue weighted by atomic mass is 16.5. The van der Waals surface area contributed by atoms with E-state index in [1.54, 1.807) is 13.4 Å². The summed E-state index contributed by atoms with van der Waals surface area (Å²) < 4.78 is 11.4. The molecule has 0 saturated heterocycles. The minimum atomic E-state index is 0.499. The zero-order chi connectivity index (χ0) is 20.8. The number of nitrogens with zero attached hydrogens (tertiary/aromatic N) is 2. The van der Waals surface area contributed by atoms with Crippen LogP contribution in [0, 0.1) is 6.92 Å². The number of aryl methyl sites for hydroxylation is 1. The molecule has 0 unspecified atom stereocenters. The summed E-state index contributed by atoms with van der Waals surface area (Å²) >= 11 is 0. The highest BCUT2D eigenvalue weighted by molar-refractivity contribution is 5.70. The maximum Gasteiger partial charge on any atom is 0.134 e. The molecule has 1 N–H and O–H groups in total. The standard InChI is InChI=1S/C25H23N3O2/c1-18-14-20(12-13-23(18)29-2)28-25-15-22(26-17-27-25)21-10-6-7-11-24(21)30-16-19-8-4-3-5-9-19/h3-15,17H,16H2,1-2H3,(H,26,27,28). The molecule has 0 spiro atoms. The summed E-state index contributed by atoms with van der Waals surface area (Å²) in [5.74, 6) is 2.35. The summed E-state index contributed by atoms with van der Waals surface area (Å²) in [5.41, 5.74) is 4.82. The van der Waals surface area contributed by atoms with Gasteiger partial charge in [-0.2, -0.15) is 0 Å². The Kier molecular flexibility index (Phi) is 5.90. The van der Waals surface area contributed by atoms with E-state index in [1.165, 1.54) is 0 Å². The van der Waals surface area contributed by atoms with Crippen molar-refractivity contribution in [1.29, 1.82) is 0 Å². The zero-order valence-electron chi connectivity index (χ0n) is 17.0. The molecular weight excluding hydrogens is 374 g/mol. The zero-order valence-corrected chi connectivity index (χ0v) is 17.0. The lowest BCUT2D eigenvalue weighted by molar-refractivity contribution is 0.307. The number of anilines is 2. The first-order valence-electron chi connectivity index (χ1n) is 9.73. The van der Waals surface area contributed by atoms with E-state index in [0.29, 0.717) is 12.4 Å². The average molecular weight is 397 g/mol. The first-order chi connectivity index (χ1) is 14.7. The van der Waals surface area contributed by atoms with Gasteiger partial charge in [0.2, 0.25) is 0 Å². The van der Waals surface area contributed by atoms with Crippen molar-refractivity contribution in [3.63, 3.8) is 0 Å². The molecule has 0 bridgehead atoms. The summed E-state index contributed by atoms with van der Waals surface area (Å²) in [6.07, 6.45) is 1.56. The van der Waals surface area contributed by atoms with E-state index < -0.39 is 0 Å².